The lowest BCUT2D eigenvalue weighted by molar-refractivity contribution is 0.0216. The molecular formula is C27H33ClF3N7O2. The molecule has 40 heavy (non-hydrogen) atoms. The number of nitrogen functional groups attached to an aromatic ring is 1. The molecular weight excluding hydrogens is 547 g/mol. The first-order valence-corrected chi connectivity index (χ1v) is 12.9. The van der Waals surface area contributed by atoms with Gasteiger partial charge in [-0.3, -0.25) is 0 Å². The Morgan fingerprint density at radius 2 is 1.95 bits per heavy atom. The Labute approximate surface area is 236 Å². The second kappa shape index (κ2) is 11.2. The van der Waals surface area contributed by atoms with Crippen LogP contribution in [0.15, 0.2) is 36.5 Å². The van der Waals surface area contributed by atoms with E-state index in [9.17, 15) is 18.3 Å². The molecule has 13 heteroatoms. The van der Waals surface area contributed by atoms with Crippen LogP contribution in [0.3, 0.4) is 0 Å². The number of aliphatic hydroxyl groups is 1. The van der Waals surface area contributed by atoms with Gasteiger partial charge < -0.3 is 36.0 Å². The molecule has 1 atom stereocenters. The Balaban J connectivity index is 1.62. The molecule has 5 N–H and O–H groups in total. The second-order valence-corrected chi connectivity index (χ2v) is 11.0. The van der Waals surface area contributed by atoms with E-state index in [0.29, 0.717) is 35.2 Å². The van der Waals surface area contributed by atoms with E-state index in [0.717, 1.165) is 0 Å². The summed E-state index contributed by atoms with van der Waals surface area (Å²) in [6.07, 6.45) is 1.23. The minimum absolute atomic E-state index is 0.119. The minimum Gasteiger partial charge on any atom is -0.494 e. The van der Waals surface area contributed by atoms with Gasteiger partial charge in [-0.05, 0) is 52.2 Å². The SMILES string of the molecule is COc1cc(N2CC(F)(F)C[C@@H]2CN(C)C)c(N)cc1Nc1nccc(Nc2cc(Cl)c(F)cc2C(C)(C)O)n1. The first kappa shape index (κ1) is 29.5. The lowest BCUT2D eigenvalue weighted by Gasteiger charge is -2.30. The van der Waals surface area contributed by atoms with Gasteiger partial charge in [-0.15, -0.1) is 0 Å². The molecule has 216 valence electrons. The van der Waals surface area contributed by atoms with Crippen LogP contribution in [0.2, 0.25) is 5.02 Å². The summed E-state index contributed by atoms with van der Waals surface area (Å²) in [6, 6.07) is 6.92. The number of rotatable bonds is 9. The highest BCUT2D eigenvalue weighted by Gasteiger charge is 2.45. The molecule has 0 spiro atoms. The Morgan fingerprint density at radius 1 is 1.23 bits per heavy atom. The van der Waals surface area contributed by atoms with Crippen LogP contribution in [0.5, 0.6) is 5.75 Å². The number of likely N-dealkylation sites (N-methyl/N-ethyl adjacent to an activating group) is 1. The van der Waals surface area contributed by atoms with Crippen molar-refractivity contribution >= 4 is 46.1 Å². The maximum atomic E-state index is 14.4. The Hall–Kier alpha value is -3.48. The van der Waals surface area contributed by atoms with Crippen molar-refractivity contribution in [2.75, 3.05) is 55.6 Å². The number of nitrogens with two attached hydrogens (primary N) is 1. The second-order valence-electron chi connectivity index (χ2n) is 10.6. The van der Waals surface area contributed by atoms with E-state index in [2.05, 4.69) is 20.6 Å². The summed E-state index contributed by atoms with van der Waals surface area (Å²) in [6.45, 7) is 3.06. The molecule has 0 radical (unpaired) electrons. The number of hydrogen-bond donors (Lipinski definition) is 4. The normalized spacial score (nSPS) is 16.9. The molecule has 4 rings (SSSR count). The Kier molecular flexibility index (Phi) is 8.25. The minimum atomic E-state index is -2.83. The molecule has 2 aromatic carbocycles. The smallest absolute Gasteiger partial charge is 0.267 e. The van der Waals surface area contributed by atoms with E-state index in [-0.39, 0.29) is 28.6 Å². The fourth-order valence-corrected chi connectivity index (χ4v) is 4.93. The van der Waals surface area contributed by atoms with Crippen LogP contribution >= 0.6 is 11.6 Å². The number of ether oxygens (including phenoxy) is 1. The molecule has 0 aliphatic carbocycles. The molecule has 0 saturated carbocycles. The van der Waals surface area contributed by atoms with Gasteiger partial charge in [-0.25, -0.2) is 18.2 Å². The van der Waals surface area contributed by atoms with Crippen molar-refractivity contribution in [1.82, 2.24) is 14.9 Å². The first-order valence-electron chi connectivity index (χ1n) is 12.5. The maximum absolute atomic E-state index is 14.4. The molecule has 1 aliphatic heterocycles. The number of anilines is 6. The van der Waals surface area contributed by atoms with Crippen molar-refractivity contribution < 1.29 is 23.0 Å². The number of benzene rings is 2. The average Bonchev–Trinajstić information content (AvgIpc) is 3.14. The Morgan fingerprint density at radius 3 is 2.60 bits per heavy atom. The standard InChI is InChI=1S/C27H33ClF3N7O2/c1-26(2,39)16-8-18(29)17(28)9-20(16)34-24-6-7-33-25(36-24)35-21-10-19(32)22(11-23(21)40-5)38-14-27(30,31)12-15(38)13-37(3)4/h6-11,15,39H,12-14,32H2,1-5H3,(H2,33,34,35,36)/t15-/m1/s1. The summed E-state index contributed by atoms with van der Waals surface area (Å²) in [5, 5.41) is 16.5. The van der Waals surface area contributed by atoms with Gasteiger partial charge in [-0.1, -0.05) is 11.6 Å². The van der Waals surface area contributed by atoms with E-state index in [1.165, 1.54) is 39.3 Å². The number of nitrogens with zero attached hydrogens (tertiary/aromatic N) is 4. The van der Waals surface area contributed by atoms with Crippen LogP contribution in [0.1, 0.15) is 25.8 Å². The van der Waals surface area contributed by atoms with Crippen molar-refractivity contribution in [1.29, 1.82) is 0 Å². The molecule has 0 unspecified atom stereocenters. The van der Waals surface area contributed by atoms with E-state index in [1.807, 2.05) is 19.0 Å². The van der Waals surface area contributed by atoms with Crippen molar-refractivity contribution in [3.8, 4) is 5.75 Å². The van der Waals surface area contributed by atoms with Gasteiger partial charge in [0, 0.05) is 42.5 Å². The van der Waals surface area contributed by atoms with Gasteiger partial charge in [0.15, 0.2) is 0 Å². The Bertz CT molecular complexity index is 1380. The molecule has 3 aromatic rings. The highest BCUT2D eigenvalue weighted by molar-refractivity contribution is 6.31. The summed E-state index contributed by atoms with van der Waals surface area (Å²) < 4.78 is 48.4. The number of aromatic nitrogens is 2. The van der Waals surface area contributed by atoms with Crippen LogP contribution in [-0.4, -0.2) is 66.2 Å². The van der Waals surface area contributed by atoms with Crippen LogP contribution in [0.4, 0.5) is 47.7 Å². The third-order valence-corrected chi connectivity index (χ3v) is 6.78. The monoisotopic (exact) mass is 579 g/mol. The van der Waals surface area contributed by atoms with Crippen LogP contribution in [0.25, 0.3) is 0 Å². The van der Waals surface area contributed by atoms with Crippen LogP contribution in [-0.2, 0) is 5.60 Å². The van der Waals surface area contributed by atoms with E-state index in [1.54, 1.807) is 23.1 Å². The summed E-state index contributed by atoms with van der Waals surface area (Å²) >= 11 is 5.98. The summed E-state index contributed by atoms with van der Waals surface area (Å²) in [5.41, 5.74) is 6.82. The zero-order chi connectivity index (χ0) is 29.4. The summed E-state index contributed by atoms with van der Waals surface area (Å²) in [4.78, 5) is 12.2. The van der Waals surface area contributed by atoms with Crippen molar-refractivity contribution in [3.63, 3.8) is 0 Å². The van der Waals surface area contributed by atoms with Crippen molar-refractivity contribution in [3.05, 3.63) is 52.9 Å². The van der Waals surface area contributed by atoms with Gasteiger partial charge in [0.05, 0.1) is 41.3 Å². The van der Waals surface area contributed by atoms with Crippen molar-refractivity contribution in [2.45, 2.75) is 37.8 Å². The van der Waals surface area contributed by atoms with E-state index in [4.69, 9.17) is 22.1 Å². The molecule has 9 nitrogen and oxygen atoms in total. The molecule has 0 bridgehead atoms. The largest absolute Gasteiger partial charge is 0.494 e. The van der Waals surface area contributed by atoms with Gasteiger partial charge in [0.25, 0.3) is 5.92 Å². The van der Waals surface area contributed by atoms with Crippen LogP contribution in [0, 0.1) is 5.82 Å². The van der Waals surface area contributed by atoms with E-state index < -0.39 is 29.9 Å². The zero-order valence-electron chi connectivity index (χ0n) is 22.9. The number of methoxy groups -OCH3 is 1. The van der Waals surface area contributed by atoms with Gasteiger partial charge in [0.2, 0.25) is 5.95 Å². The molecule has 1 fully saturated rings. The van der Waals surface area contributed by atoms with Gasteiger partial charge in [-0.2, -0.15) is 4.98 Å². The zero-order valence-corrected chi connectivity index (χ0v) is 23.7. The molecule has 1 saturated heterocycles. The average molecular weight is 580 g/mol. The lowest BCUT2D eigenvalue weighted by Crippen LogP contribution is -2.38. The predicted molar refractivity (Wildman–Crippen MR) is 152 cm³/mol. The van der Waals surface area contributed by atoms with Crippen LogP contribution < -0.4 is 26.0 Å². The topological polar surface area (TPSA) is 112 Å². The maximum Gasteiger partial charge on any atom is 0.267 e. The fraction of sp³-hybridized carbons (Fsp3) is 0.407. The molecule has 1 aliphatic rings. The quantitative estimate of drug-likeness (QED) is 0.249. The molecule has 0 amide bonds. The molecule has 2 heterocycles. The highest BCUT2D eigenvalue weighted by Crippen LogP contribution is 2.42. The summed E-state index contributed by atoms with van der Waals surface area (Å²) in [5.74, 6) is -2.63. The van der Waals surface area contributed by atoms with Gasteiger partial charge in [0.1, 0.15) is 17.4 Å². The summed E-state index contributed by atoms with van der Waals surface area (Å²) in [7, 11) is 5.14. The number of hydrogen-bond acceptors (Lipinski definition) is 9. The van der Waals surface area contributed by atoms with E-state index >= 15 is 0 Å². The third-order valence-electron chi connectivity index (χ3n) is 6.50. The third kappa shape index (κ3) is 6.62. The first-order chi connectivity index (χ1) is 18.7. The number of halogens is 4. The van der Waals surface area contributed by atoms with Gasteiger partial charge >= 0.3 is 0 Å². The lowest BCUT2D eigenvalue weighted by atomic mass is 9.96. The van der Waals surface area contributed by atoms with Crippen molar-refractivity contribution in [2.24, 2.45) is 0 Å². The number of nitrogens with one attached hydrogen (secondary N) is 2. The predicted octanol–water partition coefficient (Wildman–Crippen LogP) is 5.35. The fourth-order valence-electron chi connectivity index (χ4n) is 4.77. The molecule has 1 aromatic heterocycles. The highest BCUT2D eigenvalue weighted by atomic mass is 35.5. The number of alkyl halides is 2.